The third-order valence-corrected chi connectivity index (χ3v) is 7.01. The van der Waals surface area contributed by atoms with Gasteiger partial charge in [-0.05, 0) is 65.5 Å². The van der Waals surface area contributed by atoms with E-state index in [9.17, 15) is 14.7 Å². The lowest BCUT2D eigenvalue weighted by molar-refractivity contribution is -0.117. The Morgan fingerprint density at radius 2 is 1.79 bits per heavy atom. The summed E-state index contributed by atoms with van der Waals surface area (Å²) in [7, 11) is 1.80. The first-order chi connectivity index (χ1) is 15.9. The van der Waals surface area contributed by atoms with Crippen molar-refractivity contribution in [3.63, 3.8) is 0 Å². The molecule has 2 amide bonds. The SMILES string of the molecule is CN1C(=O)Cc2cc(SNc3ccc(C(=O)N4CC(O)(Cc5ccccc5)C4)cc3)ccc21. The van der Waals surface area contributed by atoms with Gasteiger partial charge in [0.25, 0.3) is 5.91 Å². The number of aliphatic hydroxyl groups is 1. The molecule has 0 unspecified atom stereocenters. The van der Waals surface area contributed by atoms with Crippen LogP contribution >= 0.6 is 11.9 Å². The Labute approximate surface area is 197 Å². The Hall–Kier alpha value is -3.29. The van der Waals surface area contributed by atoms with Gasteiger partial charge in [-0.15, -0.1) is 0 Å². The maximum atomic E-state index is 12.8. The summed E-state index contributed by atoms with van der Waals surface area (Å²) in [6, 6.07) is 23.2. The first-order valence-electron chi connectivity index (χ1n) is 10.9. The number of β-amino-alcohol motifs (C(OH)–C–C–N with tert-alkyl or cyclic N) is 1. The van der Waals surface area contributed by atoms with Crippen molar-refractivity contribution in [1.29, 1.82) is 0 Å². The molecular formula is C26H25N3O3S. The molecule has 0 aliphatic carbocycles. The van der Waals surface area contributed by atoms with Gasteiger partial charge in [0, 0.05) is 35.3 Å². The number of nitrogens with zero attached hydrogens (tertiary/aromatic N) is 2. The highest BCUT2D eigenvalue weighted by Gasteiger charge is 2.43. The molecule has 2 N–H and O–H groups in total. The number of amides is 2. The minimum atomic E-state index is -0.857. The number of likely N-dealkylation sites (N-methyl/N-ethyl adjacent to an activating group) is 1. The number of fused-ring (bicyclic) bond motifs is 1. The van der Waals surface area contributed by atoms with Crippen LogP contribution in [0, 0.1) is 0 Å². The van der Waals surface area contributed by atoms with Gasteiger partial charge in [0.15, 0.2) is 0 Å². The van der Waals surface area contributed by atoms with Gasteiger partial charge in [-0.3, -0.25) is 9.59 Å². The molecule has 168 valence electrons. The monoisotopic (exact) mass is 459 g/mol. The van der Waals surface area contributed by atoms with E-state index in [0.717, 1.165) is 27.4 Å². The summed E-state index contributed by atoms with van der Waals surface area (Å²) < 4.78 is 3.29. The van der Waals surface area contributed by atoms with Gasteiger partial charge in [0.05, 0.1) is 19.5 Å². The maximum Gasteiger partial charge on any atom is 0.254 e. The van der Waals surface area contributed by atoms with E-state index in [2.05, 4.69) is 4.72 Å². The molecule has 2 aliphatic heterocycles. The number of nitrogens with one attached hydrogen (secondary N) is 1. The minimum absolute atomic E-state index is 0.0700. The highest BCUT2D eigenvalue weighted by Crippen LogP contribution is 2.32. The number of hydrogen-bond acceptors (Lipinski definition) is 5. The molecule has 0 saturated carbocycles. The fourth-order valence-corrected chi connectivity index (χ4v) is 5.10. The fourth-order valence-electron chi connectivity index (χ4n) is 4.39. The number of hydrogen-bond donors (Lipinski definition) is 2. The molecule has 5 rings (SSSR count). The van der Waals surface area contributed by atoms with Gasteiger partial charge in [-0.1, -0.05) is 30.3 Å². The largest absolute Gasteiger partial charge is 0.386 e. The second kappa shape index (κ2) is 8.57. The number of likely N-dealkylation sites (tertiary alicyclic amines) is 1. The predicted molar refractivity (Wildman–Crippen MR) is 130 cm³/mol. The number of carbonyl (C=O) groups excluding carboxylic acids is 2. The molecule has 0 radical (unpaired) electrons. The van der Waals surface area contributed by atoms with Crippen molar-refractivity contribution >= 4 is 35.1 Å². The summed E-state index contributed by atoms with van der Waals surface area (Å²) in [5.74, 6) is 0.0421. The summed E-state index contributed by atoms with van der Waals surface area (Å²) in [6.07, 6.45) is 0.985. The van der Waals surface area contributed by atoms with Crippen LogP contribution in [0.2, 0.25) is 0 Å². The maximum absolute atomic E-state index is 12.8. The van der Waals surface area contributed by atoms with Crippen molar-refractivity contribution in [2.45, 2.75) is 23.3 Å². The van der Waals surface area contributed by atoms with Crippen molar-refractivity contribution in [2.75, 3.05) is 29.8 Å². The quantitative estimate of drug-likeness (QED) is 0.550. The van der Waals surface area contributed by atoms with Gasteiger partial charge in [-0.25, -0.2) is 0 Å². The standard InChI is InChI=1S/C26H25N3O3S/c1-28-23-12-11-22(13-20(23)14-24(28)30)33-27-21-9-7-19(8-10-21)25(31)29-16-26(32,17-29)15-18-5-3-2-4-6-18/h2-13,27,32H,14-17H2,1H3. The predicted octanol–water partition coefficient (Wildman–Crippen LogP) is 3.75. The highest BCUT2D eigenvalue weighted by atomic mass is 32.2. The van der Waals surface area contributed by atoms with Crippen LogP contribution in [0.5, 0.6) is 0 Å². The molecule has 6 nitrogen and oxygen atoms in total. The summed E-state index contributed by atoms with van der Waals surface area (Å²) in [5, 5.41) is 10.7. The highest BCUT2D eigenvalue weighted by molar-refractivity contribution is 8.00. The van der Waals surface area contributed by atoms with Crippen LogP contribution in [0.1, 0.15) is 21.5 Å². The lowest BCUT2D eigenvalue weighted by Crippen LogP contribution is -2.64. The Kier molecular flexibility index (Phi) is 5.60. The van der Waals surface area contributed by atoms with E-state index in [1.54, 1.807) is 29.0 Å². The van der Waals surface area contributed by atoms with E-state index < -0.39 is 5.60 Å². The average molecular weight is 460 g/mol. The molecule has 1 fully saturated rings. The van der Waals surface area contributed by atoms with Crippen molar-refractivity contribution < 1.29 is 14.7 Å². The molecule has 0 atom stereocenters. The van der Waals surface area contributed by atoms with Crippen LogP contribution in [-0.4, -0.2) is 47.6 Å². The first-order valence-corrected chi connectivity index (χ1v) is 11.7. The van der Waals surface area contributed by atoms with Crippen LogP contribution in [0.4, 0.5) is 11.4 Å². The molecule has 2 aliphatic rings. The Morgan fingerprint density at radius 1 is 1.06 bits per heavy atom. The Balaban J connectivity index is 1.15. The Bertz CT molecular complexity index is 1190. The van der Waals surface area contributed by atoms with E-state index in [0.29, 0.717) is 31.5 Å². The normalized spacial score (nSPS) is 16.4. The summed E-state index contributed by atoms with van der Waals surface area (Å²) >= 11 is 1.47. The lowest BCUT2D eigenvalue weighted by Gasteiger charge is -2.46. The zero-order chi connectivity index (χ0) is 23.0. The number of carbonyl (C=O) groups is 2. The summed E-state index contributed by atoms with van der Waals surface area (Å²) in [5.41, 5.74) is 3.71. The molecule has 2 heterocycles. The molecule has 1 saturated heterocycles. The molecule has 0 bridgehead atoms. The van der Waals surface area contributed by atoms with Gasteiger partial charge in [0.2, 0.25) is 5.91 Å². The van der Waals surface area contributed by atoms with Crippen LogP contribution in [-0.2, 0) is 17.6 Å². The number of anilines is 2. The van der Waals surface area contributed by atoms with E-state index in [1.165, 1.54) is 11.9 Å². The molecule has 3 aromatic carbocycles. The second-order valence-corrected chi connectivity index (χ2v) is 9.63. The molecule has 33 heavy (non-hydrogen) atoms. The van der Waals surface area contributed by atoms with Crippen molar-refractivity contribution in [1.82, 2.24) is 4.90 Å². The van der Waals surface area contributed by atoms with Crippen LogP contribution < -0.4 is 9.62 Å². The minimum Gasteiger partial charge on any atom is -0.386 e. The lowest BCUT2D eigenvalue weighted by atomic mass is 9.86. The van der Waals surface area contributed by atoms with Gasteiger partial charge in [0.1, 0.15) is 5.60 Å². The van der Waals surface area contributed by atoms with Crippen LogP contribution in [0.25, 0.3) is 0 Å². The molecule has 0 spiro atoms. The summed E-state index contributed by atoms with van der Waals surface area (Å²) in [6.45, 7) is 0.680. The molecule has 7 heteroatoms. The third-order valence-electron chi connectivity index (χ3n) is 6.18. The summed E-state index contributed by atoms with van der Waals surface area (Å²) in [4.78, 5) is 29.0. The van der Waals surface area contributed by atoms with E-state index >= 15 is 0 Å². The smallest absolute Gasteiger partial charge is 0.254 e. The zero-order valence-corrected chi connectivity index (χ0v) is 19.1. The van der Waals surface area contributed by atoms with Crippen molar-refractivity contribution in [2.24, 2.45) is 0 Å². The number of rotatable bonds is 6. The average Bonchev–Trinajstić information content (AvgIpc) is 3.09. The molecule has 3 aromatic rings. The Morgan fingerprint density at radius 3 is 2.52 bits per heavy atom. The van der Waals surface area contributed by atoms with Gasteiger partial charge >= 0.3 is 0 Å². The molecular weight excluding hydrogens is 434 g/mol. The zero-order valence-electron chi connectivity index (χ0n) is 18.3. The van der Waals surface area contributed by atoms with E-state index in [4.69, 9.17) is 0 Å². The van der Waals surface area contributed by atoms with E-state index in [-0.39, 0.29) is 11.8 Å². The fraction of sp³-hybridized carbons (Fsp3) is 0.231. The van der Waals surface area contributed by atoms with E-state index in [1.807, 2.05) is 60.7 Å². The van der Waals surface area contributed by atoms with Crippen LogP contribution in [0.3, 0.4) is 0 Å². The second-order valence-electron chi connectivity index (χ2n) is 8.75. The van der Waals surface area contributed by atoms with Gasteiger partial charge in [-0.2, -0.15) is 0 Å². The third kappa shape index (κ3) is 4.47. The van der Waals surface area contributed by atoms with Crippen molar-refractivity contribution in [3.05, 3.63) is 89.5 Å². The van der Waals surface area contributed by atoms with Crippen molar-refractivity contribution in [3.8, 4) is 0 Å². The van der Waals surface area contributed by atoms with Crippen LogP contribution in [0.15, 0.2) is 77.7 Å². The topological polar surface area (TPSA) is 72.9 Å². The van der Waals surface area contributed by atoms with Gasteiger partial charge < -0.3 is 19.6 Å². The first kappa shape index (κ1) is 21.6. The molecule has 0 aromatic heterocycles. The number of benzene rings is 3.